The molecule has 4 unspecified atom stereocenters. The molecule has 0 bridgehead atoms. The van der Waals surface area contributed by atoms with E-state index in [0.717, 1.165) is 24.6 Å². The predicted octanol–water partition coefficient (Wildman–Crippen LogP) is 3.90. The van der Waals surface area contributed by atoms with Gasteiger partial charge in [-0.3, -0.25) is 5.41 Å². The minimum atomic E-state index is -0.137. The first-order valence-corrected chi connectivity index (χ1v) is 9.41. The summed E-state index contributed by atoms with van der Waals surface area (Å²) in [5.74, 6) is 2.84. The minimum absolute atomic E-state index is 0.137. The summed E-state index contributed by atoms with van der Waals surface area (Å²) in [7, 11) is 0. The van der Waals surface area contributed by atoms with Crippen LogP contribution in [0.4, 0.5) is 0 Å². The Balaban J connectivity index is 1.69. The van der Waals surface area contributed by atoms with Gasteiger partial charge in [0, 0.05) is 11.8 Å². The van der Waals surface area contributed by atoms with Gasteiger partial charge >= 0.3 is 0 Å². The van der Waals surface area contributed by atoms with Crippen LogP contribution in [0.5, 0.6) is 0 Å². The van der Waals surface area contributed by atoms with Gasteiger partial charge in [-0.15, -0.1) is 0 Å². The molecule has 1 aliphatic heterocycles. The number of nitrogens with zero attached hydrogens (tertiary/aromatic N) is 1. The summed E-state index contributed by atoms with van der Waals surface area (Å²) in [6.45, 7) is 4.92. The summed E-state index contributed by atoms with van der Waals surface area (Å²) < 4.78 is 0. The zero-order valence-corrected chi connectivity index (χ0v) is 15.1. The Labute approximate surface area is 150 Å². The lowest BCUT2D eigenvalue weighted by Crippen LogP contribution is -2.33. The van der Waals surface area contributed by atoms with E-state index in [-0.39, 0.29) is 11.9 Å². The number of guanidine groups is 1. The van der Waals surface area contributed by atoms with Crippen molar-refractivity contribution in [1.29, 1.82) is 5.41 Å². The molecule has 1 fully saturated rings. The lowest BCUT2D eigenvalue weighted by Gasteiger charge is -2.35. The molecule has 3 aliphatic carbocycles. The van der Waals surface area contributed by atoms with Crippen molar-refractivity contribution in [2.24, 2.45) is 39.8 Å². The van der Waals surface area contributed by atoms with Crippen LogP contribution in [0.2, 0.25) is 0 Å². The molecule has 25 heavy (non-hydrogen) atoms. The third-order valence-corrected chi connectivity index (χ3v) is 6.68. The highest BCUT2D eigenvalue weighted by molar-refractivity contribution is 5.98. The molecular weight excluding hydrogens is 308 g/mol. The van der Waals surface area contributed by atoms with Gasteiger partial charge in [0.15, 0.2) is 0 Å². The Morgan fingerprint density at radius 2 is 2.16 bits per heavy atom. The molecule has 0 aromatic heterocycles. The van der Waals surface area contributed by atoms with Gasteiger partial charge in [-0.25, -0.2) is 4.99 Å². The molecule has 4 atom stereocenters. The van der Waals surface area contributed by atoms with Crippen molar-refractivity contribution in [2.45, 2.75) is 39.5 Å². The second kappa shape index (κ2) is 6.01. The van der Waals surface area contributed by atoms with Crippen molar-refractivity contribution >= 4 is 11.8 Å². The van der Waals surface area contributed by atoms with Crippen molar-refractivity contribution in [1.82, 2.24) is 5.32 Å². The second-order valence-corrected chi connectivity index (χ2v) is 8.31. The van der Waals surface area contributed by atoms with Crippen LogP contribution in [-0.4, -0.2) is 11.8 Å². The normalized spacial score (nSPS) is 37.0. The largest absolute Gasteiger partial charge is 0.368 e. The van der Waals surface area contributed by atoms with Gasteiger partial charge in [0.2, 0.25) is 5.96 Å². The van der Waals surface area contributed by atoms with Gasteiger partial charge in [-0.05, 0) is 54.7 Å². The van der Waals surface area contributed by atoms with Crippen LogP contribution in [0.25, 0.3) is 0 Å². The molecule has 1 saturated carbocycles. The second-order valence-electron chi connectivity index (χ2n) is 8.31. The molecule has 4 rings (SSSR count). The van der Waals surface area contributed by atoms with Crippen LogP contribution in [0.15, 0.2) is 52.7 Å². The van der Waals surface area contributed by atoms with E-state index < -0.39 is 0 Å². The zero-order valence-electron chi connectivity index (χ0n) is 15.1. The highest BCUT2D eigenvalue weighted by Crippen LogP contribution is 2.60. The highest BCUT2D eigenvalue weighted by atomic mass is 15.1. The number of hydrogen-bond donors (Lipinski definition) is 3. The first-order valence-electron chi connectivity index (χ1n) is 9.41. The number of nitrogens with one attached hydrogen (secondary N) is 2. The molecule has 4 N–H and O–H groups in total. The van der Waals surface area contributed by atoms with Crippen LogP contribution in [0.1, 0.15) is 39.5 Å². The Morgan fingerprint density at radius 3 is 2.96 bits per heavy atom. The number of rotatable bonds is 1. The average molecular weight is 336 g/mol. The van der Waals surface area contributed by atoms with Gasteiger partial charge in [0.1, 0.15) is 5.84 Å². The molecule has 0 aromatic carbocycles. The van der Waals surface area contributed by atoms with E-state index in [4.69, 9.17) is 11.1 Å². The van der Waals surface area contributed by atoms with Crippen LogP contribution < -0.4 is 11.1 Å². The zero-order chi connectivity index (χ0) is 17.6. The number of amidine groups is 1. The number of fused-ring (bicyclic) bond motifs is 3. The molecule has 4 nitrogen and oxygen atoms in total. The summed E-state index contributed by atoms with van der Waals surface area (Å²) in [5.41, 5.74) is 8.82. The first-order chi connectivity index (χ1) is 12.0. The number of aliphatic imine (C=N–C) groups is 1. The van der Waals surface area contributed by atoms with Crippen molar-refractivity contribution in [3.8, 4) is 0 Å². The smallest absolute Gasteiger partial charge is 0.214 e. The lowest BCUT2D eigenvalue weighted by atomic mass is 9.69. The fraction of sp³-hybridized carbons (Fsp3) is 0.524. The van der Waals surface area contributed by atoms with Crippen molar-refractivity contribution < 1.29 is 0 Å². The highest BCUT2D eigenvalue weighted by Gasteiger charge is 2.51. The monoisotopic (exact) mass is 336 g/mol. The quantitative estimate of drug-likeness (QED) is 0.386. The lowest BCUT2D eigenvalue weighted by molar-refractivity contribution is 0.167. The van der Waals surface area contributed by atoms with Gasteiger partial charge < -0.3 is 11.1 Å². The van der Waals surface area contributed by atoms with E-state index in [0.29, 0.717) is 17.3 Å². The third-order valence-electron chi connectivity index (χ3n) is 6.68. The van der Waals surface area contributed by atoms with E-state index in [1.54, 1.807) is 5.57 Å². The van der Waals surface area contributed by atoms with E-state index in [1.165, 1.54) is 18.4 Å². The molecule has 0 spiro atoms. The molecule has 4 heteroatoms. The Kier molecular flexibility index (Phi) is 3.94. The first kappa shape index (κ1) is 16.4. The van der Waals surface area contributed by atoms with Gasteiger partial charge in [0.05, 0.1) is 0 Å². The molecule has 132 valence electrons. The molecule has 4 aliphatic rings. The molecule has 0 radical (unpaired) electrons. The summed E-state index contributed by atoms with van der Waals surface area (Å²) >= 11 is 0. The van der Waals surface area contributed by atoms with E-state index >= 15 is 0 Å². The maximum atomic E-state index is 7.51. The molecule has 1 heterocycles. The fourth-order valence-electron chi connectivity index (χ4n) is 5.41. The fourth-order valence-corrected chi connectivity index (χ4v) is 5.41. The van der Waals surface area contributed by atoms with Crippen molar-refractivity contribution in [3.05, 3.63) is 47.7 Å². The number of nitrogens with two attached hydrogens (primary N) is 1. The summed E-state index contributed by atoms with van der Waals surface area (Å²) in [6, 6.07) is 0. The third kappa shape index (κ3) is 2.68. The van der Waals surface area contributed by atoms with Gasteiger partial charge in [-0.1, -0.05) is 49.8 Å². The molecule has 0 aromatic rings. The summed E-state index contributed by atoms with van der Waals surface area (Å²) in [4.78, 5) is 4.22. The Hall–Kier alpha value is -2.10. The van der Waals surface area contributed by atoms with Crippen LogP contribution in [0.3, 0.4) is 0 Å². The van der Waals surface area contributed by atoms with Crippen molar-refractivity contribution in [3.63, 3.8) is 0 Å². The molecule has 0 saturated heterocycles. The standard InChI is InChI=1S/C21H28N4/c1-21(2)17-8-4-3-6-15(17)16-12-13(9-10-18(16)21)14-7-5-11-24-19(14)25-20(22)23/h3,5-6,9,11-12,14-15,17-18H,4,7-8,10H2,1-2H3,(H4,22,23,24,25). The summed E-state index contributed by atoms with van der Waals surface area (Å²) in [6.07, 6.45) is 18.2. The topological polar surface area (TPSA) is 74.3 Å². The van der Waals surface area contributed by atoms with E-state index in [1.807, 2.05) is 6.20 Å². The molecule has 0 amide bonds. The Morgan fingerprint density at radius 1 is 1.32 bits per heavy atom. The number of allylic oxidation sites excluding steroid dienone is 6. The van der Waals surface area contributed by atoms with Crippen molar-refractivity contribution in [2.75, 3.05) is 0 Å². The predicted molar refractivity (Wildman–Crippen MR) is 103 cm³/mol. The van der Waals surface area contributed by atoms with Crippen LogP contribution >= 0.6 is 0 Å². The Bertz CT molecular complexity index is 735. The SMILES string of the molecule is CC1(C)C2CC=C(C3CC=CN/C3=N\C(=N)N)C=C2C2C=CCCC21. The van der Waals surface area contributed by atoms with Gasteiger partial charge in [0.25, 0.3) is 0 Å². The van der Waals surface area contributed by atoms with Gasteiger partial charge in [-0.2, -0.15) is 0 Å². The van der Waals surface area contributed by atoms with E-state index in [9.17, 15) is 0 Å². The van der Waals surface area contributed by atoms with Crippen LogP contribution in [-0.2, 0) is 0 Å². The maximum absolute atomic E-state index is 7.51. The molecular formula is C21H28N4. The van der Waals surface area contributed by atoms with Crippen LogP contribution in [0, 0.1) is 34.5 Å². The average Bonchev–Trinajstić information content (AvgIpc) is 2.83. The van der Waals surface area contributed by atoms with E-state index in [2.05, 4.69) is 54.5 Å². The minimum Gasteiger partial charge on any atom is -0.368 e. The number of hydrogen-bond acceptors (Lipinski definition) is 1. The summed E-state index contributed by atoms with van der Waals surface area (Å²) in [5, 5.41) is 10.7. The maximum Gasteiger partial charge on any atom is 0.214 e.